The standard InChI is InChI=1S/C13H20O3/c1-4-16-13-11(9-8-10(2)14)6-5-7-12(13)15-3/h5-7,10,14H,4,8-9H2,1-3H3. The third-order valence-electron chi connectivity index (χ3n) is 2.40. The average Bonchev–Trinajstić information content (AvgIpc) is 2.27. The first-order valence-electron chi connectivity index (χ1n) is 5.65. The van der Waals surface area contributed by atoms with Gasteiger partial charge < -0.3 is 14.6 Å². The molecule has 0 aromatic heterocycles. The van der Waals surface area contributed by atoms with Gasteiger partial charge >= 0.3 is 0 Å². The molecule has 0 fully saturated rings. The number of hydrogen-bond acceptors (Lipinski definition) is 3. The molecule has 3 heteroatoms. The molecule has 1 unspecified atom stereocenters. The molecular weight excluding hydrogens is 204 g/mol. The molecule has 16 heavy (non-hydrogen) atoms. The third-order valence-corrected chi connectivity index (χ3v) is 2.40. The minimum atomic E-state index is -0.291. The van der Waals surface area contributed by atoms with Crippen LogP contribution in [0.1, 0.15) is 25.8 Å². The van der Waals surface area contributed by atoms with Gasteiger partial charge in [0, 0.05) is 0 Å². The van der Waals surface area contributed by atoms with E-state index < -0.39 is 0 Å². The highest BCUT2D eigenvalue weighted by molar-refractivity contribution is 5.46. The van der Waals surface area contributed by atoms with Crippen molar-refractivity contribution >= 4 is 0 Å². The lowest BCUT2D eigenvalue weighted by Gasteiger charge is -2.14. The molecule has 0 saturated heterocycles. The zero-order chi connectivity index (χ0) is 12.0. The summed E-state index contributed by atoms with van der Waals surface area (Å²) in [4.78, 5) is 0. The number of aryl methyl sites for hydroxylation is 1. The summed E-state index contributed by atoms with van der Waals surface area (Å²) in [6, 6.07) is 5.84. The quantitative estimate of drug-likeness (QED) is 0.806. The van der Waals surface area contributed by atoms with Crippen molar-refractivity contribution in [2.24, 2.45) is 0 Å². The topological polar surface area (TPSA) is 38.7 Å². The molecule has 1 rings (SSSR count). The predicted molar refractivity (Wildman–Crippen MR) is 64.2 cm³/mol. The van der Waals surface area contributed by atoms with Crippen LogP contribution in [0.25, 0.3) is 0 Å². The minimum absolute atomic E-state index is 0.291. The van der Waals surface area contributed by atoms with Crippen molar-refractivity contribution in [2.45, 2.75) is 32.8 Å². The van der Waals surface area contributed by atoms with Crippen LogP contribution in [0, 0.1) is 0 Å². The van der Waals surface area contributed by atoms with Crippen LogP contribution in [-0.2, 0) is 6.42 Å². The van der Waals surface area contributed by atoms with Gasteiger partial charge in [-0.15, -0.1) is 0 Å². The third kappa shape index (κ3) is 3.42. The summed E-state index contributed by atoms with van der Waals surface area (Å²) in [6.45, 7) is 4.35. The molecule has 0 spiro atoms. The Morgan fingerprint density at radius 1 is 1.38 bits per heavy atom. The number of hydrogen-bond donors (Lipinski definition) is 1. The van der Waals surface area contributed by atoms with Crippen LogP contribution in [0.5, 0.6) is 11.5 Å². The van der Waals surface area contributed by atoms with Gasteiger partial charge in [-0.1, -0.05) is 12.1 Å². The summed E-state index contributed by atoms with van der Waals surface area (Å²) in [5.74, 6) is 1.55. The van der Waals surface area contributed by atoms with E-state index in [0.717, 1.165) is 29.9 Å². The van der Waals surface area contributed by atoms with E-state index in [1.165, 1.54) is 0 Å². The van der Waals surface area contributed by atoms with Crippen LogP contribution in [0.3, 0.4) is 0 Å². The van der Waals surface area contributed by atoms with Crippen molar-refractivity contribution in [3.05, 3.63) is 23.8 Å². The Labute approximate surface area is 97.0 Å². The molecule has 1 aromatic carbocycles. The first kappa shape index (κ1) is 12.8. The Bertz CT molecular complexity index is 321. The Hall–Kier alpha value is -1.22. The zero-order valence-electron chi connectivity index (χ0n) is 10.2. The highest BCUT2D eigenvalue weighted by atomic mass is 16.5. The van der Waals surface area contributed by atoms with Gasteiger partial charge in [-0.25, -0.2) is 0 Å². The van der Waals surface area contributed by atoms with E-state index >= 15 is 0 Å². The van der Waals surface area contributed by atoms with E-state index in [-0.39, 0.29) is 6.10 Å². The summed E-state index contributed by atoms with van der Waals surface area (Å²) < 4.78 is 10.8. The first-order chi connectivity index (χ1) is 7.69. The second-order valence-corrected chi connectivity index (χ2v) is 3.77. The van der Waals surface area contributed by atoms with E-state index in [0.29, 0.717) is 6.61 Å². The Balaban J connectivity index is 2.88. The number of ether oxygens (including phenoxy) is 2. The van der Waals surface area contributed by atoms with Crippen molar-refractivity contribution in [3.63, 3.8) is 0 Å². The zero-order valence-corrected chi connectivity index (χ0v) is 10.2. The molecule has 0 heterocycles. The number of aliphatic hydroxyl groups excluding tert-OH is 1. The lowest BCUT2D eigenvalue weighted by atomic mass is 10.1. The maximum Gasteiger partial charge on any atom is 0.164 e. The van der Waals surface area contributed by atoms with Gasteiger partial charge in [0.2, 0.25) is 0 Å². The second-order valence-electron chi connectivity index (χ2n) is 3.77. The molecule has 90 valence electrons. The maximum atomic E-state index is 9.29. The number of rotatable bonds is 6. The van der Waals surface area contributed by atoms with Crippen LogP contribution >= 0.6 is 0 Å². The van der Waals surface area contributed by atoms with Crippen molar-refractivity contribution in [1.82, 2.24) is 0 Å². The first-order valence-corrected chi connectivity index (χ1v) is 5.65. The van der Waals surface area contributed by atoms with E-state index in [4.69, 9.17) is 9.47 Å². The van der Waals surface area contributed by atoms with Crippen molar-refractivity contribution in [1.29, 1.82) is 0 Å². The largest absolute Gasteiger partial charge is 0.493 e. The fraction of sp³-hybridized carbons (Fsp3) is 0.538. The number of para-hydroxylation sites is 1. The van der Waals surface area contributed by atoms with Crippen LogP contribution < -0.4 is 9.47 Å². The molecule has 0 saturated carbocycles. The van der Waals surface area contributed by atoms with Crippen LogP contribution in [0.2, 0.25) is 0 Å². The number of benzene rings is 1. The summed E-state index contributed by atoms with van der Waals surface area (Å²) in [5, 5.41) is 9.29. The highest BCUT2D eigenvalue weighted by Gasteiger charge is 2.10. The molecular formula is C13H20O3. The fourth-order valence-electron chi connectivity index (χ4n) is 1.59. The number of aliphatic hydroxyl groups is 1. The Kier molecular flexibility index (Phi) is 5.12. The summed E-state index contributed by atoms with van der Waals surface area (Å²) >= 11 is 0. The van der Waals surface area contributed by atoms with Crippen molar-refractivity contribution in [2.75, 3.05) is 13.7 Å². The average molecular weight is 224 g/mol. The van der Waals surface area contributed by atoms with Gasteiger partial charge in [-0.3, -0.25) is 0 Å². The second kappa shape index (κ2) is 6.38. The normalized spacial score (nSPS) is 12.2. The van der Waals surface area contributed by atoms with E-state index in [2.05, 4.69) is 0 Å². The van der Waals surface area contributed by atoms with Gasteiger partial charge in [-0.05, 0) is 38.3 Å². The lowest BCUT2D eigenvalue weighted by molar-refractivity contribution is 0.184. The fourth-order valence-corrected chi connectivity index (χ4v) is 1.59. The summed E-state index contributed by atoms with van der Waals surface area (Å²) in [6.07, 6.45) is 1.23. The van der Waals surface area contributed by atoms with E-state index in [9.17, 15) is 5.11 Å². The van der Waals surface area contributed by atoms with Crippen LogP contribution in [0.15, 0.2) is 18.2 Å². The Morgan fingerprint density at radius 3 is 2.69 bits per heavy atom. The van der Waals surface area contributed by atoms with Crippen molar-refractivity contribution in [3.8, 4) is 11.5 Å². The van der Waals surface area contributed by atoms with E-state index in [1.54, 1.807) is 14.0 Å². The minimum Gasteiger partial charge on any atom is -0.493 e. The Morgan fingerprint density at radius 2 is 2.12 bits per heavy atom. The molecule has 0 radical (unpaired) electrons. The molecule has 1 atom stereocenters. The molecule has 0 aliphatic heterocycles. The van der Waals surface area contributed by atoms with E-state index in [1.807, 2.05) is 25.1 Å². The van der Waals surface area contributed by atoms with Gasteiger partial charge in [-0.2, -0.15) is 0 Å². The monoisotopic (exact) mass is 224 g/mol. The SMILES string of the molecule is CCOc1c(CCC(C)O)cccc1OC. The molecule has 0 bridgehead atoms. The van der Waals surface area contributed by atoms with Gasteiger partial charge in [0.25, 0.3) is 0 Å². The molecule has 0 amide bonds. The lowest BCUT2D eigenvalue weighted by Crippen LogP contribution is -2.04. The predicted octanol–water partition coefficient (Wildman–Crippen LogP) is 2.41. The summed E-state index contributed by atoms with van der Waals surface area (Å²) in [5.41, 5.74) is 1.09. The van der Waals surface area contributed by atoms with Crippen molar-refractivity contribution < 1.29 is 14.6 Å². The van der Waals surface area contributed by atoms with Gasteiger partial charge in [0.1, 0.15) is 0 Å². The number of methoxy groups -OCH3 is 1. The molecule has 3 nitrogen and oxygen atoms in total. The summed E-state index contributed by atoms with van der Waals surface area (Å²) in [7, 11) is 1.64. The molecule has 0 aliphatic rings. The van der Waals surface area contributed by atoms with Crippen LogP contribution in [0.4, 0.5) is 0 Å². The highest BCUT2D eigenvalue weighted by Crippen LogP contribution is 2.31. The smallest absolute Gasteiger partial charge is 0.164 e. The molecule has 0 aliphatic carbocycles. The van der Waals surface area contributed by atoms with Crippen LogP contribution in [-0.4, -0.2) is 24.9 Å². The maximum absolute atomic E-state index is 9.29. The van der Waals surface area contributed by atoms with Gasteiger partial charge in [0.05, 0.1) is 19.8 Å². The molecule has 1 aromatic rings. The van der Waals surface area contributed by atoms with Gasteiger partial charge in [0.15, 0.2) is 11.5 Å². The molecule has 1 N–H and O–H groups in total.